The van der Waals surface area contributed by atoms with E-state index in [2.05, 4.69) is 31.0 Å². The van der Waals surface area contributed by atoms with Gasteiger partial charge in [-0.15, -0.1) is 0 Å². The molecule has 4 nitrogen and oxygen atoms in total. The zero-order valence-corrected chi connectivity index (χ0v) is 10.8. The second-order valence-corrected chi connectivity index (χ2v) is 5.35. The summed E-state index contributed by atoms with van der Waals surface area (Å²) in [4.78, 5) is 12.1. The van der Waals surface area contributed by atoms with E-state index in [-0.39, 0.29) is 11.2 Å². The molecule has 0 aliphatic heterocycles. The molecule has 0 atom stereocenters. The standard InChI is InChI=1S/C14H17N3O/c1-14(2,3)10-6-4-9(5-7-10)12(18)11-8-16-17-13(11)15/h4-8H,1-3H3,(H3,15,16,17). The molecule has 0 saturated heterocycles. The predicted octanol–water partition coefficient (Wildman–Crippen LogP) is 2.52. The van der Waals surface area contributed by atoms with Crippen molar-refractivity contribution in [2.75, 3.05) is 5.73 Å². The van der Waals surface area contributed by atoms with Gasteiger partial charge >= 0.3 is 0 Å². The summed E-state index contributed by atoms with van der Waals surface area (Å²) in [5.74, 6) is 0.196. The molecule has 0 spiro atoms. The highest BCUT2D eigenvalue weighted by Gasteiger charge is 2.16. The van der Waals surface area contributed by atoms with Crippen LogP contribution in [-0.4, -0.2) is 16.0 Å². The van der Waals surface area contributed by atoms with Crippen LogP contribution in [0.1, 0.15) is 42.3 Å². The van der Waals surface area contributed by atoms with Gasteiger partial charge in [-0.1, -0.05) is 45.0 Å². The maximum absolute atomic E-state index is 12.1. The summed E-state index contributed by atoms with van der Waals surface area (Å²) in [6, 6.07) is 7.61. The summed E-state index contributed by atoms with van der Waals surface area (Å²) < 4.78 is 0. The third-order valence-corrected chi connectivity index (χ3v) is 2.93. The van der Waals surface area contributed by atoms with Crippen molar-refractivity contribution < 1.29 is 4.79 Å². The van der Waals surface area contributed by atoms with Gasteiger partial charge < -0.3 is 5.73 Å². The van der Waals surface area contributed by atoms with Gasteiger partial charge in [-0.05, 0) is 11.0 Å². The quantitative estimate of drug-likeness (QED) is 0.796. The van der Waals surface area contributed by atoms with Gasteiger partial charge in [0.1, 0.15) is 5.82 Å². The van der Waals surface area contributed by atoms with Gasteiger partial charge in [0.2, 0.25) is 0 Å². The van der Waals surface area contributed by atoms with E-state index in [9.17, 15) is 4.79 Å². The molecule has 94 valence electrons. The first-order chi connectivity index (χ1) is 8.39. The van der Waals surface area contributed by atoms with Crippen LogP contribution in [0.25, 0.3) is 0 Å². The summed E-state index contributed by atoms with van der Waals surface area (Å²) in [6.45, 7) is 6.41. The maximum atomic E-state index is 12.1. The lowest BCUT2D eigenvalue weighted by molar-refractivity contribution is 0.103. The second-order valence-electron chi connectivity index (χ2n) is 5.35. The zero-order valence-electron chi connectivity index (χ0n) is 10.8. The van der Waals surface area contributed by atoms with Crippen LogP contribution in [0.15, 0.2) is 30.5 Å². The first-order valence-corrected chi connectivity index (χ1v) is 5.83. The number of rotatable bonds is 2. The Bertz CT molecular complexity index is 561. The second kappa shape index (κ2) is 4.29. The molecule has 3 N–H and O–H groups in total. The summed E-state index contributed by atoms with van der Waals surface area (Å²) in [6.07, 6.45) is 1.45. The van der Waals surface area contributed by atoms with Crippen molar-refractivity contribution in [1.29, 1.82) is 0 Å². The molecular formula is C14H17N3O. The highest BCUT2D eigenvalue weighted by atomic mass is 16.1. The number of nitrogens with zero attached hydrogens (tertiary/aromatic N) is 1. The average Bonchev–Trinajstić information content (AvgIpc) is 2.73. The molecular weight excluding hydrogens is 226 g/mol. The largest absolute Gasteiger partial charge is 0.383 e. The van der Waals surface area contributed by atoms with Gasteiger partial charge in [-0.25, -0.2) is 0 Å². The van der Waals surface area contributed by atoms with Crippen LogP contribution in [0.2, 0.25) is 0 Å². The first kappa shape index (κ1) is 12.4. The number of aromatic amines is 1. The number of carbonyl (C=O) groups is 1. The molecule has 1 heterocycles. The number of nitrogen functional groups attached to an aromatic ring is 1. The van der Waals surface area contributed by atoms with Crippen molar-refractivity contribution in [2.45, 2.75) is 26.2 Å². The fraction of sp³-hybridized carbons (Fsp3) is 0.286. The van der Waals surface area contributed by atoms with E-state index in [0.717, 1.165) is 0 Å². The highest BCUT2D eigenvalue weighted by Crippen LogP contribution is 2.23. The Hall–Kier alpha value is -2.10. The van der Waals surface area contributed by atoms with Gasteiger partial charge in [-0.3, -0.25) is 9.89 Å². The normalized spacial score (nSPS) is 11.5. The minimum atomic E-state index is -0.110. The number of nitrogens with two attached hydrogens (primary N) is 1. The monoisotopic (exact) mass is 243 g/mol. The molecule has 2 rings (SSSR count). The summed E-state index contributed by atoms with van der Waals surface area (Å²) in [5, 5.41) is 6.32. The Labute approximate surface area is 106 Å². The van der Waals surface area contributed by atoms with E-state index in [0.29, 0.717) is 16.9 Å². The Balaban J connectivity index is 2.31. The van der Waals surface area contributed by atoms with Crippen molar-refractivity contribution in [1.82, 2.24) is 10.2 Å². The number of anilines is 1. The van der Waals surface area contributed by atoms with Crippen molar-refractivity contribution in [2.24, 2.45) is 0 Å². The van der Waals surface area contributed by atoms with Gasteiger partial charge in [0.25, 0.3) is 0 Å². The van der Waals surface area contributed by atoms with Gasteiger partial charge in [0.05, 0.1) is 11.8 Å². The van der Waals surface area contributed by atoms with Crippen molar-refractivity contribution >= 4 is 11.6 Å². The summed E-state index contributed by atoms with van der Waals surface area (Å²) in [5.41, 5.74) is 7.95. The molecule has 0 saturated carbocycles. The maximum Gasteiger partial charge on any atom is 0.198 e. The van der Waals surface area contributed by atoms with Crippen LogP contribution in [0.5, 0.6) is 0 Å². The zero-order chi connectivity index (χ0) is 13.3. The van der Waals surface area contributed by atoms with E-state index < -0.39 is 0 Å². The highest BCUT2D eigenvalue weighted by molar-refractivity contribution is 6.11. The number of aromatic nitrogens is 2. The SMILES string of the molecule is CC(C)(C)c1ccc(C(=O)c2cn[nH]c2N)cc1. The molecule has 0 unspecified atom stereocenters. The number of carbonyl (C=O) groups excluding carboxylic acids is 1. The number of hydrogen-bond acceptors (Lipinski definition) is 3. The number of benzene rings is 1. The Kier molecular flexibility index (Phi) is 2.95. The van der Waals surface area contributed by atoms with E-state index in [1.807, 2.05) is 24.3 Å². The van der Waals surface area contributed by atoms with E-state index in [4.69, 9.17) is 5.73 Å². The number of H-pyrrole nitrogens is 1. The van der Waals surface area contributed by atoms with Crippen molar-refractivity contribution in [3.05, 3.63) is 47.2 Å². The molecule has 4 heteroatoms. The molecule has 0 aliphatic rings. The van der Waals surface area contributed by atoms with Crippen LogP contribution >= 0.6 is 0 Å². The number of ketones is 1. The third kappa shape index (κ3) is 2.27. The van der Waals surface area contributed by atoms with Gasteiger partial charge in [0, 0.05) is 5.56 Å². The van der Waals surface area contributed by atoms with Gasteiger partial charge in [0.15, 0.2) is 5.78 Å². The molecule has 0 amide bonds. The molecule has 1 aromatic carbocycles. The van der Waals surface area contributed by atoms with Crippen LogP contribution in [0, 0.1) is 0 Å². The van der Waals surface area contributed by atoms with Gasteiger partial charge in [-0.2, -0.15) is 5.10 Å². The van der Waals surface area contributed by atoms with E-state index in [1.165, 1.54) is 11.8 Å². The van der Waals surface area contributed by atoms with Crippen LogP contribution in [-0.2, 0) is 5.41 Å². The van der Waals surface area contributed by atoms with Crippen molar-refractivity contribution in [3.63, 3.8) is 0 Å². The Morgan fingerprint density at radius 2 is 1.83 bits per heavy atom. The lowest BCUT2D eigenvalue weighted by Crippen LogP contribution is -2.11. The van der Waals surface area contributed by atoms with Crippen LogP contribution in [0.3, 0.4) is 0 Å². The predicted molar refractivity (Wildman–Crippen MR) is 71.6 cm³/mol. The minimum absolute atomic E-state index is 0.0796. The fourth-order valence-electron chi connectivity index (χ4n) is 1.75. The summed E-state index contributed by atoms with van der Waals surface area (Å²) >= 11 is 0. The topological polar surface area (TPSA) is 71.8 Å². The van der Waals surface area contributed by atoms with Crippen molar-refractivity contribution in [3.8, 4) is 0 Å². The van der Waals surface area contributed by atoms with Crippen LogP contribution < -0.4 is 5.73 Å². The molecule has 0 fully saturated rings. The smallest absolute Gasteiger partial charge is 0.198 e. The first-order valence-electron chi connectivity index (χ1n) is 5.83. The fourth-order valence-corrected chi connectivity index (χ4v) is 1.75. The number of nitrogens with one attached hydrogen (secondary N) is 1. The van der Waals surface area contributed by atoms with Crippen LogP contribution in [0.4, 0.5) is 5.82 Å². The molecule has 1 aromatic heterocycles. The number of hydrogen-bond donors (Lipinski definition) is 2. The molecule has 0 aliphatic carbocycles. The van der Waals surface area contributed by atoms with E-state index >= 15 is 0 Å². The average molecular weight is 243 g/mol. The molecule has 0 radical (unpaired) electrons. The summed E-state index contributed by atoms with van der Waals surface area (Å²) in [7, 11) is 0. The minimum Gasteiger partial charge on any atom is -0.383 e. The lowest BCUT2D eigenvalue weighted by atomic mass is 9.86. The molecule has 18 heavy (non-hydrogen) atoms. The third-order valence-electron chi connectivity index (χ3n) is 2.93. The van der Waals surface area contributed by atoms with E-state index in [1.54, 1.807) is 0 Å². The molecule has 2 aromatic rings. The molecule has 0 bridgehead atoms. The lowest BCUT2D eigenvalue weighted by Gasteiger charge is -2.18. The Morgan fingerprint density at radius 3 is 2.28 bits per heavy atom. The Morgan fingerprint density at radius 1 is 1.22 bits per heavy atom.